The Balaban J connectivity index is 1.91. The number of nitrogens with zero attached hydrogens (tertiary/aromatic N) is 1. The minimum absolute atomic E-state index is 0.0636. The molecule has 0 bridgehead atoms. The van der Waals surface area contributed by atoms with Crippen LogP contribution in [0.1, 0.15) is 39.0 Å². The van der Waals surface area contributed by atoms with Gasteiger partial charge in [0.1, 0.15) is 0 Å². The minimum atomic E-state index is -3.31. The summed E-state index contributed by atoms with van der Waals surface area (Å²) in [5, 5.41) is 13.0. The van der Waals surface area contributed by atoms with Gasteiger partial charge < -0.3 is 15.3 Å². The van der Waals surface area contributed by atoms with Crippen molar-refractivity contribution in [1.82, 2.24) is 14.9 Å². The number of aliphatic hydroxyl groups is 1. The van der Waals surface area contributed by atoms with E-state index in [2.05, 4.69) is 17.0 Å². The van der Waals surface area contributed by atoms with Gasteiger partial charge in [-0.2, -0.15) is 0 Å². The van der Waals surface area contributed by atoms with Gasteiger partial charge >= 0.3 is 6.03 Å². The zero-order valence-electron chi connectivity index (χ0n) is 14.0. The lowest BCUT2D eigenvalue weighted by molar-refractivity contribution is 0.0154. The first-order valence-electron chi connectivity index (χ1n) is 8.48. The Morgan fingerprint density at radius 3 is 2.74 bits per heavy atom. The number of hydrogen-bond donors (Lipinski definition) is 3. The molecule has 23 heavy (non-hydrogen) atoms. The number of likely N-dealkylation sites (tertiary alicyclic amines) is 1. The fourth-order valence-corrected chi connectivity index (χ4v) is 4.38. The maximum atomic E-state index is 12.4. The Kier molecular flexibility index (Phi) is 6.27. The number of nitrogens with one attached hydrogen (secondary N) is 2. The third-order valence-corrected chi connectivity index (χ3v) is 6.50. The highest BCUT2D eigenvalue weighted by molar-refractivity contribution is 7.89. The van der Waals surface area contributed by atoms with Crippen LogP contribution in [0.4, 0.5) is 4.79 Å². The van der Waals surface area contributed by atoms with Crippen LogP contribution in [0, 0.1) is 11.8 Å². The number of carbonyl (C=O) groups excluding carboxylic acids is 1. The molecular weight excluding hydrogens is 318 g/mol. The van der Waals surface area contributed by atoms with Gasteiger partial charge in [0.25, 0.3) is 0 Å². The van der Waals surface area contributed by atoms with Crippen LogP contribution >= 0.6 is 0 Å². The number of amides is 2. The second-order valence-corrected chi connectivity index (χ2v) is 8.85. The van der Waals surface area contributed by atoms with Gasteiger partial charge in [0.2, 0.25) is 10.0 Å². The standard InChI is InChI=1S/C15H29N3O4S/c1-11-5-6-14(19)12(10-11)13-4-3-8-18(13)15(20)17-7-9-23(21,22)16-2/h11-14,16,19H,3-10H2,1-2H3,(H,17,20)/t11-,12-,13+,14-/m0/s1. The molecule has 2 amide bonds. The van der Waals surface area contributed by atoms with Gasteiger partial charge in [-0.25, -0.2) is 17.9 Å². The van der Waals surface area contributed by atoms with Crippen LogP contribution < -0.4 is 10.0 Å². The maximum Gasteiger partial charge on any atom is 0.317 e. The molecule has 0 aromatic rings. The summed E-state index contributed by atoms with van der Waals surface area (Å²) in [6.45, 7) is 2.96. The van der Waals surface area contributed by atoms with Crippen LogP contribution in [0.2, 0.25) is 0 Å². The summed E-state index contributed by atoms with van der Waals surface area (Å²) in [7, 11) is -1.95. The Morgan fingerprint density at radius 1 is 1.30 bits per heavy atom. The first-order chi connectivity index (χ1) is 10.8. The molecule has 8 heteroatoms. The fraction of sp³-hybridized carbons (Fsp3) is 0.933. The summed E-state index contributed by atoms with van der Waals surface area (Å²) in [5.74, 6) is 0.583. The lowest BCUT2D eigenvalue weighted by Gasteiger charge is -2.39. The molecule has 2 aliphatic rings. The zero-order chi connectivity index (χ0) is 17.0. The van der Waals surface area contributed by atoms with Crippen molar-refractivity contribution < 1.29 is 18.3 Å². The second kappa shape index (κ2) is 7.81. The number of urea groups is 1. The molecule has 0 unspecified atom stereocenters. The molecule has 0 radical (unpaired) electrons. The monoisotopic (exact) mass is 347 g/mol. The van der Waals surface area contributed by atoms with Crippen LogP contribution in [0.5, 0.6) is 0 Å². The average molecular weight is 347 g/mol. The smallest absolute Gasteiger partial charge is 0.317 e. The normalized spacial score (nSPS) is 32.0. The largest absolute Gasteiger partial charge is 0.393 e. The number of sulfonamides is 1. The van der Waals surface area contributed by atoms with Crippen molar-refractivity contribution in [3.8, 4) is 0 Å². The predicted molar refractivity (Wildman–Crippen MR) is 88.5 cm³/mol. The van der Waals surface area contributed by atoms with Crippen molar-refractivity contribution in [3.05, 3.63) is 0 Å². The molecule has 1 saturated heterocycles. The zero-order valence-corrected chi connectivity index (χ0v) is 14.8. The Hall–Kier alpha value is -0.860. The summed E-state index contributed by atoms with van der Waals surface area (Å²) in [6, 6.07) is -0.155. The van der Waals surface area contributed by atoms with E-state index in [0.717, 1.165) is 32.1 Å². The number of carbonyl (C=O) groups is 1. The van der Waals surface area contributed by atoms with Crippen LogP contribution in [0.3, 0.4) is 0 Å². The minimum Gasteiger partial charge on any atom is -0.393 e. The lowest BCUT2D eigenvalue weighted by atomic mass is 9.76. The molecule has 1 aliphatic heterocycles. The number of hydrogen-bond acceptors (Lipinski definition) is 4. The summed E-state index contributed by atoms with van der Waals surface area (Å²) in [4.78, 5) is 14.2. The second-order valence-electron chi connectivity index (χ2n) is 6.81. The summed E-state index contributed by atoms with van der Waals surface area (Å²) in [6.07, 6.45) is 4.30. The van der Waals surface area contributed by atoms with E-state index < -0.39 is 10.0 Å². The van der Waals surface area contributed by atoms with Crippen molar-refractivity contribution >= 4 is 16.1 Å². The van der Waals surface area contributed by atoms with Crippen molar-refractivity contribution in [2.75, 3.05) is 25.9 Å². The Morgan fingerprint density at radius 2 is 2.04 bits per heavy atom. The lowest BCUT2D eigenvalue weighted by Crippen LogP contribution is -2.50. The van der Waals surface area contributed by atoms with E-state index in [1.54, 1.807) is 4.90 Å². The van der Waals surface area contributed by atoms with E-state index in [0.29, 0.717) is 12.5 Å². The molecule has 0 aromatic heterocycles. The molecular formula is C15H29N3O4S. The van der Waals surface area contributed by atoms with Crippen molar-refractivity contribution in [1.29, 1.82) is 0 Å². The van der Waals surface area contributed by atoms with Crippen molar-refractivity contribution in [3.63, 3.8) is 0 Å². The van der Waals surface area contributed by atoms with Crippen LogP contribution in [-0.4, -0.2) is 62.5 Å². The molecule has 4 atom stereocenters. The molecule has 7 nitrogen and oxygen atoms in total. The highest BCUT2D eigenvalue weighted by Crippen LogP contribution is 2.37. The maximum absolute atomic E-state index is 12.4. The number of rotatable bonds is 5. The van der Waals surface area contributed by atoms with E-state index in [1.807, 2.05) is 0 Å². The van der Waals surface area contributed by atoms with Crippen molar-refractivity contribution in [2.45, 2.75) is 51.2 Å². The van der Waals surface area contributed by atoms with E-state index in [4.69, 9.17) is 0 Å². The SMILES string of the molecule is CNS(=O)(=O)CCNC(=O)N1CCC[C@@H]1[C@@H]1C[C@@H](C)CC[C@@H]1O. The van der Waals surface area contributed by atoms with Gasteiger partial charge in [-0.05, 0) is 45.1 Å². The molecule has 2 fully saturated rings. The van der Waals surface area contributed by atoms with E-state index in [9.17, 15) is 18.3 Å². The third kappa shape index (κ3) is 4.81. The van der Waals surface area contributed by atoms with Gasteiger partial charge in [-0.3, -0.25) is 0 Å². The van der Waals surface area contributed by atoms with Gasteiger partial charge in [-0.15, -0.1) is 0 Å². The molecule has 134 valence electrons. The molecule has 1 heterocycles. The van der Waals surface area contributed by atoms with Gasteiger partial charge in [0, 0.05) is 25.0 Å². The van der Waals surface area contributed by atoms with Crippen molar-refractivity contribution in [2.24, 2.45) is 11.8 Å². The van der Waals surface area contributed by atoms with E-state index in [-0.39, 0.29) is 36.4 Å². The van der Waals surface area contributed by atoms with Gasteiger partial charge in [-0.1, -0.05) is 6.92 Å². The van der Waals surface area contributed by atoms with Crippen LogP contribution in [0.15, 0.2) is 0 Å². The van der Waals surface area contributed by atoms with Crippen LogP contribution in [0.25, 0.3) is 0 Å². The van der Waals surface area contributed by atoms with Gasteiger partial charge in [0.05, 0.1) is 11.9 Å². The molecule has 0 spiro atoms. The third-order valence-electron chi connectivity index (χ3n) is 5.14. The Labute approximate surface area is 138 Å². The Bertz CT molecular complexity index is 511. The molecule has 1 aliphatic carbocycles. The number of aliphatic hydroxyl groups excluding tert-OH is 1. The summed E-state index contributed by atoms with van der Waals surface area (Å²) < 4.78 is 25.0. The molecule has 0 aromatic carbocycles. The summed E-state index contributed by atoms with van der Waals surface area (Å²) in [5.41, 5.74) is 0. The quantitative estimate of drug-likeness (QED) is 0.675. The van der Waals surface area contributed by atoms with Crippen LogP contribution in [-0.2, 0) is 10.0 Å². The fourth-order valence-electron chi connectivity index (χ4n) is 3.81. The predicted octanol–water partition coefficient (Wildman–Crippen LogP) is 0.507. The summed E-state index contributed by atoms with van der Waals surface area (Å²) >= 11 is 0. The van der Waals surface area contributed by atoms with Gasteiger partial charge in [0.15, 0.2) is 0 Å². The highest BCUT2D eigenvalue weighted by atomic mass is 32.2. The topological polar surface area (TPSA) is 98.7 Å². The van der Waals surface area contributed by atoms with E-state index in [1.165, 1.54) is 7.05 Å². The first kappa shape index (κ1) is 18.5. The molecule has 1 saturated carbocycles. The highest BCUT2D eigenvalue weighted by Gasteiger charge is 2.40. The van der Waals surface area contributed by atoms with E-state index >= 15 is 0 Å². The molecule has 2 rings (SSSR count). The molecule has 3 N–H and O–H groups in total. The average Bonchev–Trinajstić information content (AvgIpc) is 2.99. The first-order valence-corrected chi connectivity index (χ1v) is 10.1.